The third-order valence-corrected chi connectivity index (χ3v) is 1.48. The average Bonchev–Trinajstić information content (AvgIpc) is 1.88. The minimum atomic E-state index is 0.641. The SMILES string of the molecule is C=NC(/C(C)=C(/C)N)=C(\C)N. The van der Waals surface area contributed by atoms with Gasteiger partial charge in [-0.15, -0.1) is 0 Å². The van der Waals surface area contributed by atoms with E-state index in [1.165, 1.54) is 0 Å². The van der Waals surface area contributed by atoms with Crippen LogP contribution in [-0.2, 0) is 0 Å². The van der Waals surface area contributed by atoms with Gasteiger partial charge < -0.3 is 11.5 Å². The van der Waals surface area contributed by atoms with Gasteiger partial charge >= 0.3 is 0 Å². The Morgan fingerprint density at radius 1 is 1.09 bits per heavy atom. The molecule has 11 heavy (non-hydrogen) atoms. The molecule has 0 aliphatic carbocycles. The minimum absolute atomic E-state index is 0.641. The van der Waals surface area contributed by atoms with Crippen molar-refractivity contribution in [1.82, 2.24) is 0 Å². The Hall–Kier alpha value is -1.25. The molecule has 0 saturated heterocycles. The lowest BCUT2D eigenvalue weighted by Gasteiger charge is -2.05. The molecule has 0 aromatic heterocycles. The fraction of sp³-hybridized carbons (Fsp3) is 0.375. The van der Waals surface area contributed by atoms with Gasteiger partial charge in [-0.25, -0.2) is 0 Å². The molecule has 0 aliphatic rings. The molecule has 0 bridgehead atoms. The fourth-order valence-electron chi connectivity index (χ4n) is 0.726. The van der Waals surface area contributed by atoms with E-state index in [-0.39, 0.29) is 0 Å². The molecule has 0 unspecified atom stereocenters. The molecule has 4 N–H and O–H groups in total. The van der Waals surface area contributed by atoms with Gasteiger partial charge in [0.25, 0.3) is 0 Å². The van der Waals surface area contributed by atoms with Gasteiger partial charge in [0.15, 0.2) is 0 Å². The van der Waals surface area contributed by atoms with Crippen LogP contribution in [0.5, 0.6) is 0 Å². The van der Waals surface area contributed by atoms with Crippen LogP contribution in [0.1, 0.15) is 20.8 Å². The highest BCUT2D eigenvalue weighted by Crippen LogP contribution is 2.13. The number of nitrogens with zero attached hydrogens (tertiary/aromatic N) is 1. The van der Waals surface area contributed by atoms with Gasteiger partial charge in [0, 0.05) is 11.4 Å². The highest BCUT2D eigenvalue weighted by Gasteiger charge is 2.01. The number of hydrogen-bond acceptors (Lipinski definition) is 3. The van der Waals surface area contributed by atoms with Crippen LogP contribution in [0, 0.1) is 0 Å². The maximum Gasteiger partial charge on any atom is 0.0852 e. The molecular formula is C8H15N3. The highest BCUT2D eigenvalue weighted by atomic mass is 14.8. The first-order chi connectivity index (χ1) is 5.00. The third kappa shape index (κ3) is 2.45. The largest absolute Gasteiger partial charge is 0.402 e. The van der Waals surface area contributed by atoms with Crippen molar-refractivity contribution < 1.29 is 0 Å². The molecule has 0 saturated carbocycles. The summed E-state index contributed by atoms with van der Waals surface area (Å²) in [5.41, 5.74) is 14.0. The highest BCUT2D eigenvalue weighted by molar-refractivity contribution is 5.40. The minimum Gasteiger partial charge on any atom is -0.402 e. The third-order valence-electron chi connectivity index (χ3n) is 1.48. The molecule has 0 aromatic carbocycles. The summed E-state index contributed by atoms with van der Waals surface area (Å²) in [5.74, 6) is 0. The van der Waals surface area contributed by atoms with E-state index in [9.17, 15) is 0 Å². The van der Waals surface area contributed by atoms with Gasteiger partial charge in [-0.05, 0) is 33.1 Å². The molecule has 0 heterocycles. The predicted octanol–water partition coefficient (Wildman–Crippen LogP) is 1.13. The van der Waals surface area contributed by atoms with Crippen LogP contribution in [0.2, 0.25) is 0 Å². The molecular weight excluding hydrogens is 138 g/mol. The van der Waals surface area contributed by atoms with E-state index in [4.69, 9.17) is 11.5 Å². The zero-order valence-electron chi connectivity index (χ0n) is 7.31. The van der Waals surface area contributed by atoms with Crippen LogP contribution in [0.25, 0.3) is 0 Å². The molecule has 0 spiro atoms. The van der Waals surface area contributed by atoms with Gasteiger partial charge in [-0.3, -0.25) is 4.99 Å². The Labute approximate surface area is 67.5 Å². The number of hydrogen-bond donors (Lipinski definition) is 2. The Kier molecular flexibility index (Phi) is 3.37. The maximum atomic E-state index is 5.55. The van der Waals surface area contributed by atoms with E-state index in [1.807, 2.05) is 13.8 Å². The second-order valence-electron chi connectivity index (χ2n) is 2.50. The summed E-state index contributed by atoms with van der Waals surface area (Å²) < 4.78 is 0. The summed E-state index contributed by atoms with van der Waals surface area (Å²) in [6.07, 6.45) is 0. The molecule has 62 valence electrons. The summed E-state index contributed by atoms with van der Waals surface area (Å²) in [4.78, 5) is 3.78. The number of allylic oxidation sites excluding steroid dienone is 3. The quantitative estimate of drug-likeness (QED) is 0.461. The standard InChI is InChI=1S/C8H15N3/c1-5(6(2)9)8(11-4)7(3)10/h4,9-10H2,1-3H3/b6-5-,8-7+. The van der Waals surface area contributed by atoms with E-state index in [1.54, 1.807) is 6.92 Å². The van der Waals surface area contributed by atoms with E-state index in [0.717, 1.165) is 11.3 Å². The van der Waals surface area contributed by atoms with Crippen LogP contribution < -0.4 is 11.5 Å². The lowest BCUT2D eigenvalue weighted by atomic mass is 10.1. The van der Waals surface area contributed by atoms with Crippen molar-refractivity contribution in [2.45, 2.75) is 20.8 Å². The lowest BCUT2D eigenvalue weighted by Crippen LogP contribution is -2.02. The topological polar surface area (TPSA) is 64.4 Å². The summed E-state index contributed by atoms with van der Waals surface area (Å²) in [6.45, 7) is 8.86. The first-order valence-corrected chi connectivity index (χ1v) is 3.37. The van der Waals surface area contributed by atoms with Crippen LogP contribution in [0.15, 0.2) is 27.7 Å². The average molecular weight is 153 g/mol. The molecule has 0 rings (SSSR count). The van der Waals surface area contributed by atoms with Gasteiger partial charge in [0.05, 0.1) is 5.70 Å². The predicted molar refractivity (Wildman–Crippen MR) is 49.0 cm³/mol. The van der Waals surface area contributed by atoms with Crippen molar-refractivity contribution >= 4 is 6.72 Å². The maximum absolute atomic E-state index is 5.55. The summed E-state index contributed by atoms with van der Waals surface area (Å²) in [5, 5.41) is 0. The first kappa shape index (κ1) is 9.75. The molecule has 0 radical (unpaired) electrons. The summed E-state index contributed by atoms with van der Waals surface area (Å²) in [6, 6.07) is 0. The summed E-state index contributed by atoms with van der Waals surface area (Å²) in [7, 11) is 0. The van der Waals surface area contributed by atoms with Crippen molar-refractivity contribution in [2.75, 3.05) is 0 Å². The Bertz CT molecular complexity index is 215. The van der Waals surface area contributed by atoms with Crippen molar-refractivity contribution in [1.29, 1.82) is 0 Å². The van der Waals surface area contributed by atoms with Gasteiger partial charge in [0.1, 0.15) is 0 Å². The zero-order valence-corrected chi connectivity index (χ0v) is 7.31. The first-order valence-electron chi connectivity index (χ1n) is 3.37. The van der Waals surface area contributed by atoms with Gasteiger partial charge in [-0.2, -0.15) is 0 Å². The number of rotatable bonds is 2. The smallest absolute Gasteiger partial charge is 0.0852 e. The van der Waals surface area contributed by atoms with Crippen molar-refractivity contribution in [3.05, 3.63) is 22.7 Å². The van der Waals surface area contributed by atoms with E-state index >= 15 is 0 Å². The molecule has 0 aromatic rings. The molecule has 0 atom stereocenters. The van der Waals surface area contributed by atoms with Crippen molar-refractivity contribution in [3.8, 4) is 0 Å². The van der Waals surface area contributed by atoms with Gasteiger partial charge in [-0.1, -0.05) is 0 Å². The molecule has 3 heteroatoms. The van der Waals surface area contributed by atoms with E-state index in [2.05, 4.69) is 11.7 Å². The second kappa shape index (κ2) is 3.81. The number of nitrogens with two attached hydrogens (primary N) is 2. The van der Waals surface area contributed by atoms with Gasteiger partial charge in [0.2, 0.25) is 0 Å². The van der Waals surface area contributed by atoms with Crippen LogP contribution in [0.3, 0.4) is 0 Å². The Balaban J connectivity index is 4.99. The van der Waals surface area contributed by atoms with Crippen LogP contribution in [-0.4, -0.2) is 6.72 Å². The van der Waals surface area contributed by atoms with Crippen LogP contribution >= 0.6 is 0 Å². The monoisotopic (exact) mass is 153 g/mol. The Morgan fingerprint density at radius 3 is 1.64 bits per heavy atom. The normalized spacial score (nSPS) is 15.2. The van der Waals surface area contributed by atoms with E-state index < -0.39 is 0 Å². The molecule has 0 amide bonds. The molecule has 3 nitrogen and oxygen atoms in total. The van der Waals surface area contributed by atoms with Crippen molar-refractivity contribution in [3.63, 3.8) is 0 Å². The van der Waals surface area contributed by atoms with Crippen LogP contribution in [0.4, 0.5) is 0 Å². The fourth-order valence-corrected chi connectivity index (χ4v) is 0.726. The number of aliphatic imine (C=N–C) groups is 1. The Morgan fingerprint density at radius 2 is 1.55 bits per heavy atom. The molecule has 0 aliphatic heterocycles. The summed E-state index contributed by atoms with van der Waals surface area (Å²) >= 11 is 0. The zero-order chi connectivity index (χ0) is 9.02. The second-order valence-corrected chi connectivity index (χ2v) is 2.50. The molecule has 0 fully saturated rings. The van der Waals surface area contributed by atoms with Crippen molar-refractivity contribution in [2.24, 2.45) is 16.5 Å². The van der Waals surface area contributed by atoms with E-state index in [0.29, 0.717) is 11.4 Å². The lowest BCUT2D eigenvalue weighted by molar-refractivity contribution is 1.11.